The van der Waals surface area contributed by atoms with E-state index >= 15 is 0 Å². The number of alkyl carbamates (subject to hydrolysis) is 1. The number of hydrogen-bond donors (Lipinski definition) is 2. The summed E-state index contributed by atoms with van der Waals surface area (Å²) in [5.41, 5.74) is 2.40. The molecule has 0 saturated carbocycles. The maximum atomic E-state index is 14.8. The number of halogens is 1. The van der Waals surface area contributed by atoms with Gasteiger partial charge in [0.25, 0.3) is 0 Å². The van der Waals surface area contributed by atoms with Gasteiger partial charge in [-0.2, -0.15) is 5.26 Å². The van der Waals surface area contributed by atoms with Gasteiger partial charge in [-0.15, -0.1) is 0 Å². The zero-order chi connectivity index (χ0) is 23.2. The molecule has 0 bridgehead atoms. The van der Waals surface area contributed by atoms with Crippen LogP contribution in [0, 0.1) is 17.1 Å². The van der Waals surface area contributed by atoms with Gasteiger partial charge in [-0.05, 0) is 69.1 Å². The first-order valence-corrected chi connectivity index (χ1v) is 10.0. The van der Waals surface area contributed by atoms with Crippen LogP contribution in [-0.2, 0) is 17.7 Å². The molecule has 7 heteroatoms. The largest absolute Gasteiger partial charge is 0.444 e. The quantitative estimate of drug-likeness (QED) is 0.643. The van der Waals surface area contributed by atoms with Gasteiger partial charge < -0.3 is 15.4 Å². The van der Waals surface area contributed by atoms with Crippen molar-refractivity contribution in [1.82, 2.24) is 10.6 Å². The van der Waals surface area contributed by atoms with Crippen molar-refractivity contribution in [3.05, 3.63) is 58.9 Å². The predicted octanol–water partition coefficient (Wildman–Crippen LogP) is 4.37. The fourth-order valence-corrected chi connectivity index (χ4v) is 3.12. The van der Waals surface area contributed by atoms with Crippen LogP contribution in [0.15, 0.2) is 36.4 Å². The molecule has 0 radical (unpaired) electrons. The Morgan fingerprint density at radius 3 is 2.26 bits per heavy atom. The standard InChI is InChI=1S/C24H28FN3O3/c1-15(29)21-11-16(7-9-19(21)14-27-5)17-6-8-18(22(25)12-17)10-20(13-26)28-23(30)31-24(2,3)4/h6-9,11-12,20,27H,10,14H2,1-5H3,(H,28,30)/t20-/m0/s1. The van der Waals surface area contributed by atoms with E-state index in [9.17, 15) is 19.2 Å². The van der Waals surface area contributed by atoms with Crippen molar-refractivity contribution >= 4 is 11.9 Å². The third-order valence-electron chi connectivity index (χ3n) is 4.51. The lowest BCUT2D eigenvalue weighted by molar-refractivity contribution is 0.0515. The highest BCUT2D eigenvalue weighted by Crippen LogP contribution is 2.25. The zero-order valence-corrected chi connectivity index (χ0v) is 18.5. The molecule has 2 N–H and O–H groups in total. The van der Waals surface area contributed by atoms with Crippen LogP contribution >= 0.6 is 0 Å². The van der Waals surface area contributed by atoms with Gasteiger partial charge in [-0.1, -0.05) is 24.3 Å². The molecule has 2 rings (SSSR count). The molecule has 1 amide bonds. The lowest BCUT2D eigenvalue weighted by Crippen LogP contribution is -2.39. The first kappa shape index (κ1) is 24.0. The molecule has 2 aromatic carbocycles. The minimum atomic E-state index is -0.930. The lowest BCUT2D eigenvalue weighted by atomic mass is 9.95. The summed E-state index contributed by atoms with van der Waals surface area (Å²) >= 11 is 0. The number of nitrogens with zero attached hydrogens (tertiary/aromatic N) is 1. The van der Waals surface area contributed by atoms with Crippen molar-refractivity contribution in [2.75, 3.05) is 7.05 Å². The number of hydrogen-bond acceptors (Lipinski definition) is 5. The van der Waals surface area contributed by atoms with E-state index in [4.69, 9.17) is 4.74 Å². The van der Waals surface area contributed by atoms with Crippen LogP contribution in [0.3, 0.4) is 0 Å². The molecule has 164 valence electrons. The SMILES string of the molecule is CNCc1ccc(-c2ccc(C[C@@H](C#N)NC(=O)OC(C)(C)C)c(F)c2)cc1C(C)=O. The second kappa shape index (κ2) is 10.2. The molecule has 0 spiro atoms. The first-order chi connectivity index (χ1) is 14.5. The van der Waals surface area contributed by atoms with Crippen molar-refractivity contribution in [3.8, 4) is 17.2 Å². The Bertz CT molecular complexity index is 1010. The smallest absolute Gasteiger partial charge is 0.408 e. The average molecular weight is 426 g/mol. The topological polar surface area (TPSA) is 91.2 Å². The van der Waals surface area contributed by atoms with E-state index in [1.165, 1.54) is 13.0 Å². The molecule has 0 aromatic heterocycles. The van der Waals surface area contributed by atoms with E-state index in [0.29, 0.717) is 23.2 Å². The van der Waals surface area contributed by atoms with Crippen LogP contribution in [0.5, 0.6) is 0 Å². The molecule has 0 aliphatic carbocycles. The number of ether oxygens (including phenoxy) is 1. The maximum absolute atomic E-state index is 14.8. The van der Waals surface area contributed by atoms with Crippen molar-refractivity contribution in [2.45, 2.75) is 52.3 Å². The Kier molecular flexibility index (Phi) is 7.89. The van der Waals surface area contributed by atoms with E-state index in [2.05, 4.69) is 10.6 Å². The molecule has 2 aromatic rings. The van der Waals surface area contributed by atoms with Crippen LogP contribution in [0.25, 0.3) is 11.1 Å². The summed E-state index contributed by atoms with van der Waals surface area (Å²) in [7, 11) is 1.80. The number of carbonyl (C=O) groups is 2. The maximum Gasteiger partial charge on any atom is 0.408 e. The van der Waals surface area contributed by atoms with Crippen molar-refractivity contribution in [3.63, 3.8) is 0 Å². The van der Waals surface area contributed by atoms with Gasteiger partial charge in [0.1, 0.15) is 17.5 Å². The second-order valence-electron chi connectivity index (χ2n) is 8.30. The van der Waals surface area contributed by atoms with E-state index in [1.54, 1.807) is 46.0 Å². The van der Waals surface area contributed by atoms with Crippen LogP contribution in [-0.4, -0.2) is 30.6 Å². The van der Waals surface area contributed by atoms with Crippen LogP contribution in [0.4, 0.5) is 9.18 Å². The normalized spacial score (nSPS) is 12.0. The third kappa shape index (κ3) is 6.90. The lowest BCUT2D eigenvalue weighted by Gasteiger charge is -2.21. The van der Waals surface area contributed by atoms with Gasteiger partial charge in [0.05, 0.1) is 6.07 Å². The number of nitrogens with one attached hydrogen (secondary N) is 2. The van der Waals surface area contributed by atoms with Gasteiger partial charge in [-0.25, -0.2) is 9.18 Å². The number of benzene rings is 2. The molecule has 0 aliphatic heterocycles. The van der Waals surface area contributed by atoms with Gasteiger partial charge in [0.15, 0.2) is 5.78 Å². The van der Waals surface area contributed by atoms with Crippen molar-refractivity contribution < 1.29 is 18.7 Å². The zero-order valence-electron chi connectivity index (χ0n) is 18.5. The van der Waals surface area contributed by atoms with Crippen molar-refractivity contribution in [1.29, 1.82) is 5.26 Å². The highest BCUT2D eigenvalue weighted by Gasteiger charge is 2.20. The Labute approximate surface area is 182 Å². The fourth-order valence-electron chi connectivity index (χ4n) is 3.12. The Morgan fingerprint density at radius 2 is 1.74 bits per heavy atom. The van der Waals surface area contributed by atoms with E-state index in [1.807, 2.05) is 18.2 Å². The van der Waals surface area contributed by atoms with E-state index < -0.39 is 23.6 Å². The molecular weight excluding hydrogens is 397 g/mol. The Balaban J connectivity index is 2.21. The molecule has 0 fully saturated rings. The van der Waals surface area contributed by atoms with Crippen LogP contribution in [0.1, 0.15) is 49.2 Å². The molecular formula is C24H28FN3O3. The van der Waals surface area contributed by atoms with Crippen LogP contribution in [0.2, 0.25) is 0 Å². The molecule has 0 aliphatic rings. The molecule has 0 heterocycles. The van der Waals surface area contributed by atoms with E-state index in [-0.39, 0.29) is 12.2 Å². The molecule has 0 unspecified atom stereocenters. The van der Waals surface area contributed by atoms with Crippen molar-refractivity contribution in [2.24, 2.45) is 0 Å². The van der Waals surface area contributed by atoms with Gasteiger partial charge in [0.2, 0.25) is 0 Å². The summed E-state index contributed by atoms with van der Waals surface area (Å²) in [6.07, 6.45) is -0.726. The summed E-state index contributed by atoms with van der Waals surface area (Å²) in [5.74, 6) is -0.554. The van der Waals surface area contributed by atoms with Crippen LogP contribution < -0.4 is 10.6 Å². The highest BCUT2D eigenvalue weighted by atomic mass is 19.1. The third-order valence-corrected chi connectivity index (χ3v) is 4.51. The number of ketones is 1. The number of carbonyl (C=O) groups excluding carboxylic acids is 2. The Hall–Kier alpha value is -3.24. The van der Waals surface area contributed by atoms with Gasteiger partial charge in [0, 0.05) is 18.5 Å². The minimum absolute atomic E-state index is 0.00165. The molecule has 1 atom stereocenters. The summed E-state index contributed by atoms with van der Waals surface area (Å²) < 4.78 is 19.9. The highest BCUT2D eigenvalue weighted by molar-refractivity contribution is 5.96. The number of rotatable bonds is 7. The predicted molar refractivity (Wildman–Crippen MR) is 117 cm³/mol. The van der Waals surface area contributed by atoms with E-state index in [0.717, 1.165) is 11.1 Å². The Morgan fingerprint density at radius 1 is 1.13 bits per heavy atom. The molecule has 0 saturated heterocycles. The average Bonchev–Trinajstić information content (AvgIpc) is 2.67. The fraction of sp³-hybridized carbons (Fsp3) is 0.375. The van der Waals surface area contributed by atoms with Gasteiger partial charge in [-0.3, -0.25) is 4.79 Å². The van der Waals surface area contributed by atoms with Gasteiger partial charge >= 0.3 is 6.09 Å². The summed E-state index contributed by atoms with van der Waals surface area (Å²) in [6.45, 7) is 7.21. The summed E-state index contributed by atoms with van der Waals surface area (Å²) in [6, 6.07) is 11.2. The number of amides is 1. The monoisotopic (exact) mass is 425 g/mol. The molecule has 31 heavy (non-hydrogen) atoms. The summed E-state index contributed by atoms with van der Waals surface area (Å²) in [5, 5.41) is 14.8. The number of Topliss-reactive ketones (excluding diaryl/α,β-unsaturated/α-hetero) is 1. The number of nitriles is 1. The molecule has 6 nitrogen and oxygen atoms in total. The minimum Gasteiger partial charge on any atom is -0.444 e. The first-order valence-electron chi connectivity index (χ1n) is 10.0. The summed E-state index contributed by atoms with van der Waals surface area (Å²) in [4.78, 5) is 23.9. The second-order valence-corrected chi connectivity index (χ2v) is 8.30.